The van der Waals surface area contributed by atoms with Gasteiger partial charge >= 0.3 is 0 Å². The summed E-state index contributed by atoms with van der Waals surface area (Å²) in [6, 6.07) is 8.20. The van der Waals surface area contributed by atoms with E-state index in [0.717, 1.165) is 48.2 Å². The van der Waals surface area contributed by atoms with E-state index in [9.17, 15) is 4.79 Å². The van der Waals surface area contributed by atoms with Crippen molar-refractivity contribution >= 4 is 17.5 Å². The van der Waals surface area contributed by atoms with E-state index in [1.54, 1.807) is 28.0 Å². The molecular weight excluding hydrogens is 454 g/mol. The average Bonchev–Trinajstić information content (AvgIpc) is 3.46. The van der Waals surface area contributed by atoms with Gasteiger partial charge in [-0.3, -0.25) is 9.48 Å². The highest BCUT2D eigenvalue weighted by Gasteiger charge is 2.24. The molecule has 1 atom stereocenters. The number of nitrogens with one attached hydrogen (secondary N) is 2. The van der Waals surface area contributed by atoms with E-state index in [1.807, 2.05) is 40.1 Å². The minimum absolute atomic E-state index is 0.0722. The zero-order valence-corrected chi connectivity index (χ0v) is 21.1. The summed E-state index contributed by atoms with van der Waals surface area (Å²) in [7, 11) is 1.86. The van der Waals surface area contributed by atoms with Crippen LogP contribution in [0.5, 0.6) is 0 Å². The molecule has 4 aromatic rings. The second-order valence-corrected chi connectivity index (χ2v) is 10.2. The van der Waals surface area contributed by atoms with Crippen molar-refractivity contribution in [3.63, 3.8) is 0 Å². The van der Waals surface area contributed by atoms with Gasteiger partial charge in [-0.2, -0.15) is 5.10 Å². The Morgan fingerprint density at radius 1 is 1.14 bits per heavy atom. The Kier molecular flexibility index (Phi) is 6.26. The third kappa shape index (κ3) is 5.12. The zero-order chi connectivity index (χ0) is 25.3. The second-order valence-electron chi connectivity index (χ2n) is 10.2. The summed E-state index contributed by atoms with van der Waals surface area (Å²) in [4.78, 5) is 22.0. The number of aryl methyl sites for hydroxylation is 2. The predicted octanol–water partition coefficient (Wildman–Crippen LogP) is 4.16. The van der Waals surface area contributed by atoms with Gasteiger partial charge in [-0.1, -0.05) is 23.8 Å². The van der Waals surface area contributed by atoms with E-state index in [-0.39, 0.29) is 17.5 Å². The first kappa shape index (κ1) is 23.7. The molecule has 0 bridgehead atoms. The fourth-order valence-electron chi connectivity index (χ4n) is 4.41. The van der Waals surface area contributed by atoms with Gasteiger partial charge in [-0.25, -0.2) is 14.6 Å². The standard InChI is InChI=1S/C26H31N9O/c1-26(2,3)35-16-23(32-33-35)24(36)30-22-8-6-5-7-17-13-18(9-10-20(17)22)21-11-12-27-25(31-21)29-19-14-28-34(4)15-19/h9-16,22H,5-8H2,1-4H3,(H,30,36)(H,27,29,31)/t22-/m0/s1. The number of benzene rings is 1. The first-order valence-electron chi connectivity index (χ1n) is 12.2. The average molecular weight is 486 g/mol. The highest BCUT2D eigenvalue weighted by atomic mass is 16.2. The van der Waals surface area contributed by atoms with Crippen molar-refractivity contribution in [2.75, 3.05) is 5.32 Å². The van der Waals surface area contributed by atoms with Crippen LogP contribution in [0, 0.1) is 0 Å². The smallest absolute Gasteiger partial charge is 0.273 e. The van der Waals surface area contributed by atoms with E-state index in [4.69, 9.17) is 4.98 Å². The lowest BCUT2D eigenvalue weighted by molar-refractivity contribution is 0.0929. The Morgan fingerprint density at radius 2 is 2.00 bits per heavy atom. The normalized spacial score (nSPS) is 15.7. The molecule has 1 aliphatic carbocycles. The fourth-order valence-corrected chi connectivity index (χ4v) is 4.41. The molecule has 1 aliphatic rings. The summed E-state index contributed by atoms with van der Waals surface area (Å²) in [5.41, 5.74) is 5.17. The topological polar surface area (TPSA) is 115 Å². The molecule has 0 radical (unpaired) electrons. The lowest BCUT2D eigenvalue weighted by atomic mass is 9.95. The van der Waals surface area contributed by atoms with Crippen LogP contribution in [0.25, 0.3) is 11.3 Å². The number of hydrogen-bond donors (Lipinski definition) is 2. The van der Waals surface area contributed by atoms with Crippen molar-refractivity contribution in [3.8, 4) is 11.3 Å². The number of hydrogen-bond acceptors (Lipinski definition) is 7. The number of amides is 1. The van der Waals surface area contributed by atoms with Crippen molar-refractivity contribution in [2.45, 2.75) is 58.0 Å². The molecule has 1 amide bonds. The summed E-state index contributed by atoms with van der Waals surface area (Å²) in [6.07, 6.45) is 11.0. The van der Waals surface area contributed by atoms with Gasteiger partial charge in [0, 0.05) is 25.0 Å². The van der Waals surface area contributed by atoms with Crippen molar-refractivity contribution in [3.05, 3.63) is 65.9 Å². The maximum Gasteiger partial charge on any atom is 0.273 e. The maximum atomic E-state index is 13.0. The van der Waals surface area contributed by atoms with Crippen LogP contribution in [0.3, 0.4) is 0 Å². The highest BCUT2D eigenvalue weighted by Crippen LogP contribution is 2.32. The predicted molar refractivity (Wildman–Crippen MR) is 137 cm³/mol. The summed E-state index contributed by atoms with van der Waals surface area (Å²) in [5.74, 6) is 0.318. The van der Waals surface area contributed by atoms with Crippen LogP contribution in [-0.2, 0) is 19.0 Å². The van der Waals surface area contributed by atoms with Crippen LogP contribution in [0.15, 0.2) is 49.1 Å². The molecule has 0 saturated heterocycles. The number of aromatic nitrogens is 7. The molecule has 0 unspecified atom stereocenters. The van der Waals surface area contributed by atoms with Crippen molar-refractivity contribution in [1.29, 1.82) is 0 Å². The third-order valence-corrected chi connectivity index (χ3v) is 6.34. The first-order valence-corrected chi connectivity index (χ1v) is 12.2. The van der Waals surface area contributed by atoms with E-state index in [2.05, 4.69) is 49.2 Å². The molecule has 3 aromatic heterocycles. The monoisotopic (exact) mass is 485 g/mol. The summed E-state index contributed by atoms with van der Waals surface area (Å²) >= 11 is 0. The van der Waals surface area contributed by atoms with Gasteiger partial charge in [0.1, 0.15) is 0 Å². The van der Waals surface area contributed by atoms with Crippen LogP contribution in [0.2, 0.25) is 0 Å². The Bertz CT molecular complexity index is 1380. The number of rotatable bonds is 5. The van der Waals surface area contributed by atoms with Crippen molar-refractivity contribution < 1.29 is 4.79 Å². The molecule has 3 heterocycles. The summed E-state index contributed by atoms with van der Waals surface area (Å²) < 4.78 is 3.44. The molecule has 10 heteroatoms. The maximum absolute atomic E-state index is 13.0. The fraction of sp³-hybridized carbons (Fsp3) is 0.385. The van der Waals surface area contributed by atoms with E-state index in [1.165, 1.54) is 5.56 Å². The third-order valence-electron chi connectivity index (χ3n) is 6.34. The van der Waals surface area contributed by atoms with E-state index in [0.29, 0.717) is 11.6 Å². The minimum Gasteiger partial charge on any atom is -0.344 e. The van der Waals surface area contributed by atoms with Gasteiger partial charge in [0.05, 0.1) is 35.4 Å². The van der Waals surface area contributed by atoms with Gasteiger partial charge in [0.25, 0.3) is 5.91 Å². The molecular formula is C26H31N9O. The molecule has 10 nitrogen and oxygen atoms in total. The molecule has 0 aliphatic heterocycles. The van der Waals surface area contributed by atoms with Gasteiger partial charge in [0.2, 0.25) is 5.95 Å². The lowest BCUT2D eigenvalue weighted by Gasteiger charge is -2.20. The molecule has 2 N–H and O–H groups in total. The van der Waals surface area contributed by atoms with E-state index >= 15 is 0 Å². The highest BCUT2D eigenvalue weighted by molar-refractivity contribution is 5.92. The van der Waals surface area contributed by atoms with Crippen LogP contribution in [0.1, 0.15) is 67.7 Å². The Balaban J connectivity index is 1.36. The number of fused-ring (bicyclic) bond motifs is 1. The Hall–Kier alpha value is -4.08. The van der Waals surface area contributed by atoms with Crippen LogP contribution in [0.4, 0.5) is 11.6 Å². The molecule has 0 spiro atoms. The van der Waals surface area contributed by atoms with Crippen LogP contribution in [-0.4, -0.2) is 40.6 Å². The molecule has 5 rings (SSSR count). The summed E-state index contributed by atoms with van der Waals surface area (Å²) in [6.45, 7) is 6.08. The largest absolute Gasteiger partial charge is 0.344 e. The van der Waals surface area contributed by atoms with Gasteiger partial charge < -0.3 is 10.6 Å². The Labute approximate surface area is 210 Å². The van der Waals surface area contributed by atoms with Gasteiger partial charge in [-0.15, -0.1) is 5.10 Å². The van der Waals surface area contributed by atoms with Crippen LogP contribution >= 0.6 is 0 Å². The molecule has 186 valence electrons. The molecule has 36 heavy (non-hydrogen) atoms. The second kappa shape index (κ2) is 9.52. The quantitative estimate of drug-likeness (QED) is 0.408. The molecule has 0 fully saturated rings. The van der Waals surface area contributed by atoms with Gasteiger partial charge in [0.15, 0.2) is 5.69 Å². The zero-order valence-electron chi connectivity index (χ0n) is 21.1. The Morgan fingerprint density at radius 3 is 2.75 bits per heavy atom. The van der Waals surface area contributed by atoms with Crippen LogP contribution < -0.4 is 10.6 Å². The first-order chi connectivity index (χ1) is 17.3. The summed E-state index contributed by atoms with van der Waals surface area (Å²) in [5, 5.41) is 18.8. The number of carbonyl (C=O) groups excluding carboxylic acids is 1. The van der Waals surface area contributed by atoms with Gasteiger partial charge in [-0.05, 0) is 63.3 Å². The number of nitrogens with zero attached hydrogens (tertiary/aromatic N) is 7. The molecule has 0 saturated carbocycles. The molecule has 1 aromatic carbocycles. The van der Waals surface area contributed by atoms with Crippen molar-refractivity contribution in [1.82, 2.24) is 40.1 Å². The number of carbonyl (C=O) groups is 1. The minimum atomic E-state index is -0.231. The van der Waals surface area contributed by atoms with Crippen molar-refractivity contribution in [2.24, 2.45) is 7.05 Å². The van der Waals surface area contributed by atoms with E-state index < -0.39 is 0 Å². The lowest BCUT2D eigenvalue weighted by Crippen LogP contribution is -2.29. The number of anilines is 2. The SMILES string of the molecule is Cn1cc(Nc2nccc(-c3ccc4c(c3)CCCC[C@@H]4NC(=O)c3cn(C(C)(C)C)nn3)n2)cn1.